The third kappa shape index (κ3) is 3.36. The molecule has 0 saturated heterocycles. The third-order valence-corrected chi connectivity index (χ3v) is 2.49. The fraction of sp³-hybridized carbons (Fsp3) is 0.143. The van der Waals surface area contributed by atoms with E-state index in [0.29, 0.717) is 13.1 Å². The molecule has 0 aliphatic heterocycles. The highest BCUT2D eigenvalue weighted by Crippen LogP contribution is 2.08. The standard InChI is InChI=1S/C14H13F2N/c15-13-7-6-12(8-14(13)16)10-17-9-11-4-2-1-3-5-11/h1-8,17H,9-10H2. The molecule has 0 aliphatic rings. The van der Waals surface area contributed by atoms with Crippen LogP contribution in [0.25, 0.3) is 0 Å². The molecule has 0 amide bonds. The molecular formula is C14H13F2N. The quantitative estimate of drug-likeness (QED) is 0.854. The summed E-state index contributed by atoms with van der Waals surface area (Å²) < 4.78 is 25.6. The van der Waals surface area contributed by atoms with Crippen molar-refractivity contribution in [2.75, 3.05) is 0 Å². The molecule has 0 heterocycles. The molecule has 0 saturated carbocycles. The highest BCUT2D eigenvalue weighted by Gasteiger charge is 2.01. The van der Waals surface area contributed by atoms with Crippen LogP contribution in [0, 0.1) is 11.6 Å². The SMILES string of the molecule is Fc1ccc(CNCc2ccccc2)cc1F. The maximum Gasteiger partial charge on any atom is 0.159 e. The van der Waals surface area contributed by atoms with Crippen molar-refractivity contribution in [3.8, 4) is 0 Å². The van der Waals surface area contributed by atoms with E-state index in [1.807, 2.05) is 30.3 Å². The predicted octanol–water partition coefficient (Wildman–Crippen LogP) is 3.25. The summed E-state index contributed by atoms with van der Waals surface area (Å²) in [4.78, 5) is 0. The van der Waals surface area contributed by atoms with E-state index in [4.69, 9.17) is 0 Å². The van der Waals surface area contributed by atoms with Gasteiger partial charge in [-0.2, -0.15) is 0 Å². The third-order valence-electron chi connectivity index (χ3n) is 2.49. The normalized spacial score (nSPS) is 10.5. The first-order valence-electron chi connectivity index (χ1n) is 5.44. The summed E-state index contributed by atoms with van der Waals surface area (Å²) >= 11 is 0. The molecule has 0 atom stereocenters. The Morgan fingerprint density at radius 3 is 2.18 bits per heavy atom. The lowest BCUT2D eigenvalue weighted by Crippen LogP contribution is -2.12. The van der Waals surface area contributed by atoms with Gasteiger partial charge in [0, 0.05) is 13.1 Å². The predicted molar refractivity (Wildman–Crippen MR) is 63.3 cm³/mol. The molecule has 1 N–H and O–H groups in total. The Labute approximate surface area is 99.1 Å². The molecule has 1 nitrogen and oxygen atoms in total. The number of benzene rings is 2. The molecule has 0 unspecified atom stereocenters. The van der Waals surface area contributed by atoms with Gasteiger partial charge < -0.3 is 5.32 Å². The maximum absolute atomic E-state index is 12.9. The van der Waals surface area contributed by atoms with Gasteiger partial charge >= 0.3 is 0 Å². The van der Waals surface area contributed by atoms with Gasteiger partial charge in [-0.1, -0.05) is 36.4 Å². The number of rotatable bonds is 4. The molecule has 0 fully saturated rings. The van der Waals surface area contributed by atoms with Crippen LogP contribution in [0.1, 0.15) is 11.1 Å². The Morgan fingerprint density at radius 2 is 1.47 bits per heavy atom. The van der Waals surface area contributed by atoms with Gasteiger partial charge in [-0.3, -0.25) is 0 Å². The molecular weight excluding hydrogens is 220 g/mol. The van der Waals surface area contributed by atoms with E-state index in [9.17, 15) is 8.78 Å². The highest BCUT2D eigenvalue weighted by molar-refractivity contribution is 5.18. The zero-order valence-corrected chi connectivity index (χ0v) is 9.29. The van der Waals surface area contributed by atoms with Crippen LogP contribution in [0.2, 0.25) is 0 Å². The van der Waals surface area contributed by atoms with Gasteiger partial charge in [0.15, 0.2) is 11.6 Å². The Bertz CT molecular complexity index is 483. The van der Waals surface area contributed by atoms with E-state index in [1.54, 1.807) is 6.07 Å². The zero-order valence-electron chi connectivity index (χ0n) is 9.29. The minimum absolute atomic E-state index is 0.520. The lowest BCUT2D eigenvalue weighted by Gasteiger charge is -2.05. The second-order valence-corrected chi connectivity index (χ2v) is 3.84. The van der Waals surface area contributed by atoms with Crippen molar-refractivity contribution in [3.05, 3.63) is 71.3 Å². The highest BCUT2D eigenvalue weighted by atomic mass is 19.2. The van der Waals surface area contributed by atoms with Crippen molar-refractivity contribution in [2.24, 2.45) is 0 Å². The van der Waals surface area contributed by atoms with Crippen LogP contribution in [0.4, 0.5) is 8.78 Å². The molecule has 17 heavy (non-hydrogen) atoms. The van der Waals surface area contributed by atoms with Crippen LogP contribution >= 0.6 is 0 Å². The van der Waals surface area contributed by atoms with Crippen molar-refractivity contribution in [1.29, 1.82) is 0 Å². The van der Waals surface area contributed by atoms with Crippen LogP contribution in [0.15, 0.2) is 48.5 Å². The second kappa shape index (κ2) is 5.55. The number of nitrogens with one attached hydrogen (secondary N) is 1. The van der Waals surface area contributed by atoms with Gasteiger partial charge in [0.2, 0.25) is 0 Å². The van der Waals surface area contributed by atoms with Crippen molar-refractivity contribution < 1.29 is 8.78 Å². The Hall–Kier alpha value is -1.74. The molecule has 2 aromatic rings. The van der Waals surface area contributed by atoms with E-state index < -0.39 is 11.6 Å². The fourth-order valence-electron chi connectivity index (χ4n) is 1.60. The minimum atomic E-state index is -0.809. The summed E-state index contributed by atoms with van der Waals surface area (Å²) in [5.74, 6) is -1.61. The first kappa shape index (κ1) is 11.7. The van der Waals surface area contributed by atoms with Gasteiger partial charge in [0.25, 0.3) is 0 Å². The van der Waals surface area contributed by atoms with Crippen LogP contribution in [0.3, 0.4) is 0 Å². The van der Waals surface area contributed by atoms with Gasteiger partial charge in [-0.05, 0) is 23.3 Å². The Morgan fingerprint density at radius 1 is 0.765 bits per heavy atom. The largest absolute Gasteiger partial charge is 0.309 e. The van der Waals surface area contributed by atoms with E-state index in [-0.39, 0.29) is 0 Å². The summed E-state index contributed by atoms with van der Waals surface area (Å²) in [5, 5.41) is 3.18. The van der Waals surface area contributed by atoms with Crippen molar-refractivity contribution in [2.45, 2.75) is 13.1 Å². The first-order chi connectivity index (χ1) is 8.25. The molecule has 2 rings (SSSR count). The summed E-state index contributed by atoms with van der Waals surface area (Å²) in [6, 6.07) is 13.9. The smallest absolute Gasteiger partial charge is 0.159 e. The van der Waals surface area contributed by atoms with Crippen LogP contribution in [-0.2, 0) is 13.1 Å². The van der Waals surface area contributed by atoms with Crippen LogP contribution in [0.5, 0.6) is 0 Å². The lowest BCUT2D eigenvalue weighted by molar-refractivity contribution is 0.506. The number of hydrogen-bond acceptors (Lipinski definition) is 1. The topological polar surface area (TPSA) is 12.0 Å². The van der Waals surface area contributed by atoms with Gasteiger partial charge in [-0.15, -0.1) is 0 Å². The summed E-state index contributed by atoms with van der Waals surface area (Å²) in [5.41, 5.74) is 1.90. The van der Waals surface area contributed by atoms with Gasteiger partial charge in [-0.25, -0.2) is 8.78 Å². The monoisotopic (exact) mass is 233 g/mol. The van der Waals surface area contributed by atoms with E-state index in [0.717, 1.165) is 17.2 Å². The molecule has 0 spiro atoms. The number of hydrogen-bond donors (Lipinski definition) is 1. The summed E-state index contributed by atoms with van der Waals surface area (Å²) in [6.45, 7) is 1.23. The van der Waals surface area contributed by atoms with Crippen LogP contribution < -0.4 is 5.32 Å². The van der Waals surface area contributed by atoms with Gasteiger partial charge in [0.1, 0.15) is 0 Å². The van der Waals surface area contributed by atoms with Crippen molar-refractivity contribution in [3.63, 3.8) is 0 Å². The molecule has 0 aromatic heterocycles. The average molecular weight is 233 g/mol. The second-order valence-electron chi connectivity index (χ2n) is 3.84. The first-order valence-corrected chi connectivity index (χ1v) is 5.44. The van der Waals surface area contributed by atoms with Crippen molar-refractivity contribution >= 4 is 0 Å². The fourth-order valence-corrected chi connectivity index (χ4v) is 1.60. The summed E-state index contributed by atoms with van der Waals surface area (Å²) in [6.07, 6.45) is 0. The number of halogens is 2. The molecule has 0 bridgehead atoms. The Kier molecular flexibility index (Phi) is 3.83. The average Bonchev–Trinajstić information content (AvgIpc) is 2.35. The Balaban J connectivity index is 1.88. The summed E-state index contributed by atoms with van der Waals surface area (Å²) in [7, 11) is 0. The zero-order chi connectivity index (χ0) is 12.1. The minimum Gasteiger partial charge on any atom is -0.309 e. The molecule has 2 aromatic carbocycles. The van der Waals surface area contributed by atoms with Crippen LogP contribution in [-0.4, -0.2) is 0 Å². The molecule has 3 heteroatoms. The lowest BCUT2D eigenvalue weighted by atomic mass is 10.2. The van der Waals surface area contributed by atoms with Crippen molar-refractivity contribution in [1.82, 2.24) is 5.32 Å². The molecule has 0 aliphatic carbocycles. The van der Waals surface area contributed by atoms with E-state index in [2.05, 4.69) is 5.32 Å². The van der Waals surface area contributed by atoms with Gasteiger partial charge in [0.05, 0.1) is 0 Å². The maximum atomic E-state index is 12.9. The van der Waals surface area contributed by atoms with E-state index in [1.165, 1.54) is 6.07 Å². The van der Waals surface area contributed by atoms with E-state index >= 15 is 0 Å². The molecule has 88 valence electrons. The molecule has 0 radical (unpaired) electrons.